The number of amides is 2. The van der Waals surface area contributed by atoms with E-state index in [1.54, 1.807) is 23.3 Å². The van der Waals surface area contributed by atoms with Crippen LogP contribution in [-0.2, 0) is 22.7 Å². The smallest absolute Gasteiger partial charge is 0.225 e. The minimum absolute atomic E-state index is 0.0218. The third kappa shape index (κ3) is 4.43. The molecule has 1 fully saturated rings. The van der Waals surface area contributed by atoms with E-state index in [1.165, 1.54) is 4.88 Å². The van der Waals surface area contributed by atoms with Gasteiger partial charge in [-0.3, -0.25) is 9.59 Å². The lowest BCUT2D eigenvalue weighted by atomic mass is 9.96. The van der Waals surface area contributed by atoms with E-state index >= 15 is 0 Å². The second-order valence-electron chi connectivity index (χ2n) is 6.55. The topological polar surface area (TPSA) is 58.6 Å². The van der Waals surface area contributed by atoms with Crippen LogP contribution < -0.4 is 10.1 Å². The first-order valence-electron chi connectivity index (χ1n) is 8.79. The summed E-state index contributed by atoms with van der Waals surface area (Å²) in [5.74, 6) is 0.714. The first-order chi connectivity index (χ1) is 12.6. The number of hydrogen-bond acceptors (Lipinski definition) is 4. The van der Waals surface area contributed by atoms with E-state index in [0.717, 1.165) is 16.2 Å². The molecule has 0 radical (unpaired) electrons. The van der Waals surface area contributed by atoms with Gasteiger partial charge in [-0.05, 0) is 31.5 Å². The zero-order chi connectivity index (χ0) is 18.5. The number of aryl methyl sites for hydroxylation is 1. The van der Waals surface area contributed by atoms with E-state index < -0.39 is 0 Å². The van der Waals surface area contributed by atoms with Crippen LogP contribution in [0.4, 0.5) is 0 Å². The van der Waals surface area contributed by atoms with Crippen LogP contribution in [0.25, 0.3) is 0 Å². The molecule has 2 aromatic rings. The highest BCUT2D eigenvalue weighted by Crippen LogP contribution is 2.24. The predicted octanol–water partition coefficient (Wildman–Crippen LogP) is 3.12. The van der Waals surface area contributed by atoms with Crippen molar-refractivity contribution < 1.29 is 14.3 Å². The average Bonchev–Trinajstić information content (AvgIpc) is 3.07. The zero-order valence-corrected chi connectivity index (χ0v) is 16.0. The Morgan fingerprint density at radius 1 is 1.31 bits per heavy atom. The van der Waals surface area contributed by atoms with Crippen molar-refractivity contribution in [2.24, 2.45) is 5.92 Å². The molecule has 0 bridgehead atoms. The highest BCUT2D eigenvalue weighted by molar-refractivity contribution is 7.11. The Morgan fingerprint density at radius 3 is 2.85 bits per heavy atom. The van der Waals surface area contributed by atoms with Crippen molar-refractivity contribution in [3.05, 3.63) is 51.7 Å². The lowest BCUT2D eigenvalue weighted by Crippen LogP contribution is -2.45. The number of hydrogen-bond donors (Lipinski definition) is 1. The molecule has 0 aliphatic carbocycles. The number of rotatable bonds is 6. The molecule has 2 amide bonds. The van der Waals surface area contributed by atoms with Crippen molar-refractivity contribution in [2.45, 2.75) is 32.9 Å². The molecule has 1 aliphatic rings. The molecular formula is C20H24N2O3S. The Balaban J connectivity index is 1.60. The van der Waals surface area contributed by atoms with Gasteiger partial charge in [0.25, 0.3) is 0 Å². The van der Waals surface area contributed by atoms with Crippen LogP contribution >= 0.6 is 11.3 Å². The quantitative estimate of drug-likeness (QED) is 0.848. The molecule has 2 heterocycles. The normalized spacial score (nSPS) is 17.2. The summed E-state index contributed by atoms with van der Waals surface area (Å²) in [6.45, 7) is 3.52. The maximum absolute atomic E-state index is 12.5. The monoisotopic (exact) mass is 372 g/mol. The fourth-order valence-corrected chi connectivity index (χ4v) is 4.05. The molecule has 5 nitrogen and oxygen atoms in total. The number of carbonyl (C=O) groups excluding carboxylic acids is 2. The first kappa shape index (κ1) is 18.5. The number of piperidine rings is 1. The molecule has 138 valence electrons. The van der Waals surface area contributed by atoms with E-state index in [0.29, 0.717) is 32.5 Å². The summed E-state index contributed by atoms with van der Waals surface area (Å²) >= 11 is 1.69. The summed E-state index contributed by atoms with van der Waals surface area (Å²) in [6.07, 6.45) is 1.02. The summed E-state index contributed by atoms with van der Waals surface area (Å²) in [4.78, 5) is 29.0. The standard InChI is InChI=1S/C20H24N2O3S/c1-14-7-9-17(26-14)11-21-20(24)16-8-10-19(23)22(13-16)12-15-5-3-4-6-18(15)25-2/h3-7,9,16H,8,10-13H2,1-2H3,(H,21,24)/t16-/m0/s1. The second kappa shape index (κ2) is 8.36. The molecule has 26 heavy (non-hydrogen) atoms. The largest absolute Gasteiger partial charge is 0.496 e. The minimum Gasteiger partial charge on any atom is -0.496 e. The lowest BCUT2D eigenvalue weighted by molar-refractivity contribution is -0.139. The van der Waals surface area contributed by atoms with Gasteiger partial charge < -0.3 is 15.0 Å². The maximum Gasteiger partial charge on any atom is 0.225 e. The van der Waals surface area contributed by atoms with Crippen molar-refractivity contribution in [3.8, 4) is 5.75 Å². The van der Waals surface area contributed by atoms with Crippen LogP contribution in [0.2, 0.25) is 0 Å². The summed E-state index contributed by atoms with van der Waals surface area (Å²) in [6, 6.07) is 11.8. The number of nitrogens with one attached hydrogen (secondary N) is 1. The maximum atomic E-state index is 12.5. The van der Waals surface area contributed by atoms with Gasteiger partial charge >= 0.3 is 0 Å². The van der Waals surface area contributed by atoms with Crippen LogP contribution in [0.1, 0.15) is 28.2 Å². The predicted molar refractivity (Wildman–Crippen MR) is 102 cm³/mol. The highest BCUT2D eigenvalue weighted by Gasteiger charge is 2.30. The molecule has 0 saturated carbocycles. The summed E-state index contributed by atoms with van der Waals surface area (Å²) in [5.41, 5.74) is 0.957. The van der Waals surface area contributed by atoms with Gasteiger partial charge in [-0.25, -0.2) is 0 Å². The van der Waals surface area contributed by atoms with Crippen molar-refractivity contribution in [3.63, 3.8) is 0 Å². The SMILES string of the molecule is COc1ccccc1CN1C[C@@H](C(=O)NCc2ccc(C)s2)CCC1=O. The summed E-state index contributed by atoms with van der Waals surface area (Å²) in [7, 11) is 1.62. The third-order valence-electron chi connectivity index (χ3n) is 4.66. The Bertz CT molecular complexity index is 787. The van der Waals surface area contributed by atoms with Gasteiger partial charge in [0, 0.05) is 34.8 Å². The Hall–Kier alpha value is -2.34. The number of carbonyl (C=O) groups is 2. The number of nitrogens with zero attached hydrogens (tertiary/aromatic N) is 1. The molecule has 3 rings (SSSR count). The molecule has 1 aliphatic heterocycles. The van der Waals surface area contributed by atoms with Crippen molar-refractivity contribution >= 4 is 23.2 Å². The van der Waals surface area contributed by atoms with Gasteiger partial charge in [0.05, 0.1) is 19.6 Å². The van der Waals surface area contributed by atoms with Crippen molar-refractivity contribution in [1.29, 1.82) is 0 Å². The van der Waals surface area contributed by atoms with Crippen LogP contribution in [0, 0.1) is 12.8 Å². The van der Waals surface area contributed by atoms with Gasteiger partial charge in [0.2, 0.25) is 11.8 Å². The van der Waals surface area contributed by atoms with Gasteiger partial charge in [0.15, 0.2) is 0 Å². The van der Waals surface area contributed by atoms with E-state index in [2.05, 4.69) is 18.3 Å². The molecule has 1 saturated heterocycles. The van der Waals surface area contributed by atoms with Crippen LogP contribution in [-0.4, -0.2) is 30.4 Å². The van der Waals surface area contributed by atoms with Crippen molar-refractivity contribution in [2.75, 3.05) is 13.7 Å². The second-order valence-corrected chi connectivity index (χ2v) is 7.92. The third-order valence-corrected chi connectivity index (χ3v) is 5.66. The molecule has 1 N–H and O–H groups in total. The van der Waals surface area contributed by atoms with E-state index in [-0.39, 0.29) is 17.7 Å². The molecule has 1 aromatic carbocycles. The van der Waals surface area contributed by atoms with Crippen LogP contribution in [0.5, 0.6) is 5.75 Å². The van der Waals surface area contributed by atoms with E-state index in [1.807, 2.05) is 30.3 Å². The van der Waals surface area contributed by atoms with Gasteiger partial charge in [-0.15, -0.1) is 11.3 Å². The molecule has 1 atom stereocenters. The highest BCUT2D eigenvalue weighted by atomic mass is 32.1. The molecule has 1 aromatic heterocycles. The number of ether oxygens (including phenoxy) is 1. The Labute approximate surface area is 158 Å². The Kier molecular flexibility index (Phi) is 5.93. The molecular weight excluding hydrogens is 348 g/mol. The summed E-state index contributed by atoms with van der Waals surface area (Å²) < 4.78 is 5.37. The zero-order valence-electron chi connectivity index (χ0n) is 15.2. The van der Waals surface area contributed by atoms with Gasteiger partial charge in [-0.2, -0.15) is 0 Å². The van der Waals surface area contributed by atoms with Crippen LogP contribution in [0.3, 0.4) is 0 Å². The lowest BCUT2D eigenvalue weighted by Gasteiger charge is -2.32. The molecule has 6 heteroatoms. The van der Waals surface area contributed by atoms with E-state index in [4.69, 9.17) is 4.74 Å². The molecule has 0 unspecified atom stereocenters. The first-order valence-corrected chi connectivity index (χ1v) is 9.61. The minimum atomic E-state index is -0.163. The number of benzene rings is 1. The van der Waals surface area contributed by atoms with E-state index in [9.17, 15) is 9.59 Å². The van der Waals surface area contributed by atoms with Crippen LogP contribution in [0.15, 0.2) is 36.4 Å². The summed E-state index contributed by atoms with van der Waals surface area (Å²) in [5, 5.41) is 3.01. The number of methoxy groups -OCH3 is 1. The van der Waals surface area contributed by atoms with Gasteiger partial charge in [0.1, 0.15) is 5.75 Å². The number of para-hydroxylation sites is 1. The number of likely N-dealkylation sites (tertiary alicyclic amines) is 1. The fourth-order valence-electron chi connectivity index (χ4n) is 3.22. The fraction of sp³-hybridized carbons (Fsp3) is 0.400. The van der Waals surface area contributed by atoms with Gasteiger partial charge in [-0.1, -0.05) is 18.2 Å². The average molecular weight is 372 g/mol. The van der Waals surface area contributed by atoms with Crippen molar-refractivity contribution in [1.82, 2.24) is 10.2 Å². The number of thiophene rings is 1. The Morgan fingerprint density at radius 2 is 2.12 bits per heavy atom. The molecule has 0 spiro atoms.